The number of amides is 1. The van der Waals surface area contributed by atoms with Crippen molar-refractivity contribution < 1.29 is 9.72 Å². The zero-order valence-corrected chi connectivity index (χ0v) is 17.8. The molecular formula is C19H15N7O3S2. The van der Waals surface area contributed by atoms with Crippen LogP contribution >= 0.6 is 23.1 Å². The molecule has 2 heterocycles. The normalized spacial score (nSPS) is 10.7. The maximum atomic E-state index is 12.4. The molecule has 12 heteroatoms. The SMILES string of the molecule is Cc1ccccc1-n1nnnc1SCC(=O)Nc1nc(-c2ccc([N+](=O)[O-])cc2)cs1. The first-order chi connectivity index (χ1) is 15.0. The third-order valence-corrected chi connectivity index (χ3v) is 5.92. The lowest BCUT2D eigenvalue weighted by Gasteiger charge is -2.06. The van der Waals surface area contributed by atoms with Gasteiger partial charge >= 0.3 is 0 Å². The number of nitro groups is 1. The van der Waals surface area contributed by atoms with E-state index in [4.69, 9.17) is 0 Å². The van der Waals surface area contributed by atoms with Gasteiger partial charge in [-0.05, 0) is 41.1 Å². The minimum Gasteiger partial charge on any atom is -0.301 e. The number of thiazole rings is 1. The number of aryl methyl sites for hydroxylation is 1. The Morgan fingerprint density at radius 1 is 1.23 bits per heavy atom. The van der Waals surface area contributed by atoms with Crippen LogP contribution in [0.4, 0.5) is 10.8 Å². The van der Waals surface area contributed by atoms with E-state index in [1.165, 1.54) is 35.2 Å². The molecule has 0 bridgehead atoms. The predicted molar refractivity (Wildman–Crippen MR) is 117 cm³/mol. The highest BCUT2D eigenvalue weighted by molar-refractivity contribution is 7.99. The van der Waals surface area contributed by atoms with Gasteiger partial charge in [-0.2, -0.15) is 4.68 Å². The van der Waals surface area contributed by atoms with E-state index in [1.807, 2.05) is 31.2 Å². The lowest BCUT2D eigenvalue weighted by atomic mass is 10.1. The summed E-state index contributed by atoms with van der Waals surface area (Å²) in [6, 6.07) is 13.8. The van der Waals surface area contributed by atoms with E-state index < -0.39 is 4.92 Å². The minimum absolute atomic E-state index is 0.0116. The summed E-state index contributed by atoms with van der Waals surface area (Å²) in [6.45, 7) is 1.96. The quantitative estimate of drug-likeness (QED) is 0.255. The van der Waals surface area contributed by atoms with Crippen molar-refractivity contribution in [3.05, 3.63) is 69.6 Å². The van der Waals surface area contributed by atoms with Crippen molar-refractivity contribution in [3.8, 4) is 16.9 Å². The topological polar surface area (TPSA) is 129 Å². The molecule has 4 rings (SSSR count). The first kappa shape index (κ1) is 20.6. The molecule has 2 aromatic heterocycles. The fourth-order valence-electron chi connectivity index (χ4n) is 2.72. The molecule has 0 unspecified atom stereocenters. The second-order valence-corrected chi connectivity index (χ2v) is 8.14. The highest BCUT2D eigenvalue weighted by Gasteiger charge is 2.14. The van der Waals surface area contributed by atoms with Crippen molar-refractivity contribution in [2.75, 3.05) is 11.1 Å². The highest BCUT2D eigenvalue weighted by atomic mass is 32.2. The van der Waals surface area contributed by atoms with Crippen LogP contribution < -0.4 is 5.32 Å². The zero-order valence-electron chi connectivity index (χ0n) is 16.1. The van der Waals surface area contributed by atoms with Crippen molar-refractivity contribution in [1.82, 2.24) is 25.2 Å². The molecule has 0 saturated carbocycles. The molecule has 0 saturated heterocycles. The summed E-state index contributed by atoms with van der Waals surface area (Å²) < 4.78 is 1.60. The number of non-ortho nitro benzene ring substituents is 1. The molecule has 10 nitrogen and oxygen atoms in total. The monoisotopic (exact) mass is 453 g/mol. The Morgan fingerprint density at radius 3 is 2.74 bits per heavy atom. The lowest BCUT2D eigenvalue weighted by molar-refractivity contribution is -0.384. The van der Waals surface area contributed by atoms with Crippen LogP contribution in [0.15, 0.2) is 59.1 Å². The van der Waals surface area contributed by atoms with Crippen LogP contribution in [-0.4, -0.2) is 41.8 Å². The molecule has 0 atom stereocenters. The van der Waals surface area contributed by atoms with Gasteiger partial charge in [0.15, 0.2) is 5.13 Å². The molecular weight excluding hydrogens is 438 g/mol. The standard InChI is InChI=1S/C19H15N7O3S2/c1-12-4-2-3-5-16(12)25-19(22-23-24-25)31-11-17(27)21-18-20-15(10-30-18)13-6-8-14(9-7-13)26(28)29/h2-10H,11H2,1H3,(H,20,21,27). The maximum absolute atomic E-state index is 12.4. The third kappa shape index (κ3) is 4.75. The van der Waals surface area contributed by atoms with E-state index >= 15 is 0 Å². The molecule has 0 spiro atoms. The fourth-order valence-corrected chi connectivity index (χ4v) is 4.14. The largest absolute Gasteiger partial charge is 0.301 e. The smallest absolute Gasteiger partial charge is 0.269 e. The van der Waals surface area contributed by atoms with E-state index in [-0.39, 0.29) is 17.3 Å². The number of nitrogens with one attached hydrogen (secondary N) is 1. The van der Waals surface area contributed by atoms with Crippen LogP contribution in [0, 0.1) is 17.0 Å². The number of carbonyl (C=O) groups excluding carboxylic acids is 1. The van der Waals surface area contributed by atoms with Crippen LogP contribution in [0.3, 0.4) is 0 Å². The number of nitro benzene ring substituents is 1. The number of tetrazole rings is 1. The van der Waals surface area contributed by atoms with E-state index in [0.717, 1.165) is 16.8 Å². The van der Waals surface area contributed by atoms with E-state index in [9.17, 15) is 14.9 Å². The summed E-state index contributed by atoms with van der Waals surface area (Å²) in [6.07, 6.45) is 0. The van der Waals surface area contributed by atoms with Crippen LogP contribution in [0.2, 0.25) is 0 Å². The fraction of sp³-hybridized carbons (Fsp3) is 0.105. The molecule has 0 fully saturated rings. The van der Waals surface area contributed by atoms with Crippen LogP contribution in [0.25, 0.3) is 16.9 Å². The number of benzene rings is 2. The van der Waals surface area contributed by atoms with Crippen molar-refractivity contribution in [3.63, 3.8) is 0 Å². The van der Waals surface area contributed by atoms with Gasteiger partial charge in [0.05, 0.1) is 22.1 Å². The maximum Gasteiger partial charge on any atom is 0.269 e. The lowest BCUT2D eigenvalue weighted by Crippen LogP contribution is -2.14. The Hall–Kier alpha value is -3.64. The first-order valence-electron chi connectivity index (χ1n) is 8.98. The van der Waals surface area contributed by atoms with Gasteiger partial charge in [0, 0.05) is 23.1 Å². The van der Waals surface area contributed by atoms with Crippen LogP contribution in [0.5, 0.6) is 0 Å². The molecule has 31 heavy (non-hydrogen) atoms. The van der Waals surface area contributed by atoms with Gasteiger partial charge in [0.25, 0.3) is 5.69 Å². The number of anilines is 1. The molecule has 1 amide bonds. The van der Waals surface area contributed by atoms with Crippen molar-refractivity contribution in [2.24, 2.45) is 0 Å². The Morgan fingerprint density at radius 2 is 2.00 bits per heavy atom. The first-order valence-corrected chi connectivity index (χ1v) is 10.8. The van der Waals surface area contributed by atoms with Crippen LogP contribution in [0.1, 0.15) is 5.56 Å². The Bertz CT molecular complexity index is 1240. The number of nitrogens with zero attached hydrogens (tertiary/aromatic N) is 6. The summed E-state index contributed by atoms with van der Waals surface area (Å²) in [7, 11) is 0. The second-order valence-electron chi connectivity index (χ2n) is 6.34. The summed E-state index contributed by atoms with van der Waals surface area (Å²) >= 11 is 2.50. The van der Waals surface area contributed by atoms with Gasteiger partial charge in [-0.15, -0.1) is 16.4 Å². The van der Waals surface area contributed by atoms with Crippen LogP contribution in [-0.2, 0) is 4.79 Å². The van der Waals surface area contributed by atoms with E-state index in [2.05, 4.69) is 25.8 Å². The molecule has 0 aliphatic heterocycles. The summed E-state index contributed by atoms with van der Waals surface area (Å²) in [4.78, 5) is 27.1. The van der Waals surface area contributed by atoms with Crippen molar-refractivity contribution >= 4 is 39.8 Å². The van der Waals surface area contributed by atoms with Gasteiger partial charge in [0.2, 0.25) is 11.1 Å². The zero-order chi connectivity index (χ0) is 21.8. The van der Waals surface area contributed by atoms with Gasteiger partial charge in [-0.25, -0.2) is 4.98 Å². The molecule has 0 radical (unpaired) electrons. The summed E-state index contributed by atoms with van der Waals surface area (Å²) in [5, 5.41) is 28.0. The van der Waals surface area contributed by atoms with Crippen molar-refractivity contribution in [2.45, 2.75) is 12.1 Å². The van der Waals surface area contributed by atoms with E-state index in [0.29, 0.717) is 16.0 Å². The molecule has 4 aromatic rings. The van der Waals surface area contributed by atoms with Crippen molar-refractivity contribution in [1.29, 1.82) is 0 Å². The third-order valence-electron chi connectivity index (χ3n) is 4.24. The Kier molecular flexibility index (Phi) is 6.00. The number of rotatable bonds is 7. The molecule has 2 aromatic carbocycles. The average Bonchev–Trinajstić information content (AvgIpc) is 3.42. The second kappa shape index (κ2) is 9.02. The molecule has 0 aliphatic rings. The summed E-state index contributed by atoms with van der Waals surface area (Å²) in [5.41, 5.74) is 3.24. The number of para-hydroxylation sites is 1. The van der Waals surface area contributed by atoms with Gasteiger partial charge in [0.1, 0.15) is 0 Å². The number of hydrogen-bond acceptors (Lipinski definition) is 9. The van der Waals surface area contributed by atoms with E-state index in [1.54, 1.807) is 22.2 Å². The minimum atomic E-state index is -0.455. The molecule has 156 valence electrons. The van der Waals surface area contributed by atoms with Gasteiger partial charge in [-0.3, -0.25) is 14.9 Å². The van der Waals surface area contributed by atoms with Gasteiger partial charge < -0.3 is 5.32 Å². The average molecular weight is 454 g/mol. The number of hydrogen-bond donors (Lipinski definition) is 1. The Labute approximate surface area is 184 Å². The Balaban J connectivity index is 1.38. The highest BCUT2D eigenvalue weighted by Crippen LogP contribution is 2.27. The molecule has 0 aliphatic carbocycles. The number of thioether (sulfide) groups is 1. The van der Waals surface area contributed by atoms with Gasteiger partial charge in [-0.1, -0.05) is 30.0 Å². The predicted octanol–water partition coefficient (Wildman–Crippen LogP) is 3.73. The number of carbonyl (C=O) groups is 1. The molecule has 1 N–H and O–H groups in total. The summed E-state index contributed by atoms with van der Waals surface area (Å²) in [5.74, 6) is -0.132. The number of aromatic nitrogens is 5.